The zero-order valence-electron chi connectivity index (χ0n) is 16.4. The molecule has 0 unspecified atom stereocenters. The van der Waals surface area contributed by atoms with Gasteiger partial charge >= 0.3 is 0 Å². The Morgan fingerprint density at radius 3 is 2.63 bits per heavy atom. The molecule has 5 rings (SSSR count). The number of ether oxygens (including phenoxy) is 1. The van der Waals surface area contributed by atoms with Crippen molar-refractivity contribution in [3.05, 3.63) is 66.5 Å². The molecule has 0 atom stereocenters. The van der Waals surface area contributed by atoms with E-state index in [0.717, 1.165) is 29.9 Å². The Kier molecular flexibility index (Phi) is 4.40. The summed E-state index contributed by atoms with van der Waals surface area (Å²) in [5.41, 5.74) is 9.83. The fraction of sp³-hybridized carbons (Fsp3) is 0.182. The molecule has 1 aliphatic heterocycles. The predicted molar refractivity (Wildman–Crippen MR) is 113 cm³/mol. The molecule has 4 heterocycles. The molecule has 0 bridgehead atoms. The lowest BCUT2D eigenvalue weighted by Gasteiger charge is -2.39. The van der Waals surface area contributed by atoms with Gasteiger partial charge in [0.15, 0.2) is 5.65 Å². The van der Waals surface area contributed by atoms with Gasteiger partial charge in [-0.2, -0.15) is 5.10 Å². The average Bonchev–Trinajstić information content (AvgIpc) is 3.17. The number of amides is 1. The number of anilines is 1. The topological polar surface area (TPSA) is 98.6 Å². The van der Waals surface area contributed by atoms with E-state index >= 15 is 0 Å². The van der Waals surface area contributed by atoms with E-state index in [1.165, 1.54) is 0 Å². The van der Waals surface area contributed by atoms with E-state index in [2.05, 4.69) is 10.00 Å². The molecule has 1 saturated heterocycles. The van der Waals surface area contributed by atoms with E-state index in [1.807, 2.05) is 42.6 Å². The van der Waals surface area contributed by atoms with E-state index in [4.69, 9.17) is 20.4 Å². The number of aromatic nitrogens is 4. The standard InChI is InChI=1S/C22H20N6O2/c1-30-16-12-27(13-16)20-10-15(21(23)29)9-19(25-20)17-11-24-28-8-7-18(26-22(17)28)14-5-3-2-4-6-14/h2-11,16H,12-13H2,1H3,(H2,23,29). The summed E-state index contributed by atoms with van der Waals surface area (Å²) >= 11 is 0. The van der Waals surface area contributed by atoms with Gasteiger partial charge in [-0.05, 0) is 18.2 Å². The fourth-order valence-electron chi connectivity index (χ4n) is 3.55. The maximum absolute atomic E-state index is 11.9. The van der Waals surface area contributed by atoms with Crippen LogP contribution >= 0.6 is 0 Å². The highest BCUT2D eigenvalue weighted by Gasteiger charge is 2.28. The minimum Gasteiger partial charge on any atom is -0.378 e. The number of hydrogen-bond donors (Lipinski definition) is 1. The second-order valence-electron chi connectivity index (χ2n) is 7.23. The molecule has 8 nitrogen and oxygen atoms in total. The van der Waals surface area contributed by atoms with Crippen LogP contribution in [-0.4, -0.2) is 51.8 Å². The number of rotatable bonds is 5. The molecule has 0 radical (unpaired) electrons. The molecule has 1 fully saturated rings. The molecule has 2 N–H and O–H groups in total. The number of methoxy groups -OCH3 is 1. The molecule has 1 amide bonds. The second kappa shape index (κ2) is 7.23. The van der Waals surface area contributed by atoms with Crippen LogP contribution in [0.25, 0.3) is 28.2 Å². The molecule has 1 aliphatic rings. The third kappa shape index (κ3) is 3.17. The highest BCUT2D eigenvalue weighted by molar-refractivity contribution is 5.95. The zero-order chi connectivity index (χ0) is 20.7. The Labute approximate surface area is 172 Å². The van der Waals surface area contributed by atoms with Crippen molar-refractivity contribution in [2.45, 2.75) is 6.10 Å². The number of primary amides is 1. The van der Waals surface area contributed by atoms with Gasteiger partial charge in [0, 0.05) is 37.5 Å². The summed E-state index contributed by atoms with van der Waals surface area (Å²) in [6.07, 6.45) is 3.74. The molecule has 1 aromatic carbocycles. The Balaban J connectivity index is 1.61. The van der Waals surface area contributed by atoms with Crippen LogP contribution in [0, 0.1) is 0 Å². The second-order valence-corrected chi connectivity index (χ2v) is 7.23. The molecule has 0 spiro atoms. The Morgan fingerprint density at radius 1 is 1.10 bits per heavy atom. The van der Waals surface area contributed by atoms with Crippen LogP contribution in [0.5, 0.6) is 0 Å². The number of nitrogens with two attached hydrogens (primary N) is 1. The van der Waals surface area contributed by atoms with Crippen LogP contribution in [0.2, 0.25) is 0 Å². The van der Waals surface area contributed by atoms with Crippen molar-refractivity contribution in [2.75, 3.05) is 25.1 Å². The zero-order valence-corrected chi connectivity index (χ0v) is 16.4. The average molecular weight is 400 g/mol. The van der Waals surface area contributed by atoms with Crippen molar-refractivity contribution < 1.29 is 9.53 Å². The number of carbonyl (C=O) groups is 1. The van der Waals surface area contributed by atoms with E-state index in [1.54, 1.807) is 30.0 Å². The van der Waals surface area contributed by atoms with Crippen LogP contribution in [0.15, 0.2) is 60.9 Å². The van der Waals surface area contributed by atoms with Crippen LogP contribution in [0.3, 0.4) is 0 Å². The maximum Gasteiger partial charge on any atom is 0.248 e. The van der Waals surface area contributed by atoms with Crippen LogP contribution in [0.1, 0.15) is 10.4 Å². The quantitative estimate of drug-likeness (QED) is 0.552. The minimum atomic E-state index is -0.502. The molecule has 8 heteroatoms. The van der Waals surface area contributed by atoms with Crippen LogP contribution < -0.4 is 10.6 Å². The summed E-state index contributed by atoms with van der Waals surface area (Å²) in [4.78, 5) is 23.6. The van der Waals surface area contributed by atoms with E-state index in [9.17, 15) is 4.79 Å². The van der Waals surface area contributed by atoms with Crippen molar-refractivity contribution >= 4 is 17.4 Å². The smallest absolute Gasteiger partial charge is 0.248 e. The van der Waals surface area contributed by atoms with E-state index < -0.39 is 5.91 Å². The lowest BCUT2D eigenvalue weighted by molar-refractivity contribution is 0.0783. The summed E-state index contributed by atoms with van der Waals surface area (Å²) in [6, 6.07) is 15.3. The van der Waals surface area contributed by atoms with Gasteiger partial charge in [-0.15, -0.1) is 0 Å². The number of carbonyl (C=O) groups excluding carboxylic acids is 1. The highest BCUT2D eigenvalue weighted by atomic mass is 16.5. The number of nitrogens with zero attached hydrogens (tertiary/aromatic N) is 5. The molecule has 0 aliphatic carbocycles. The van der Waals surface area contributed by atoms with Gasteiger partial charge in [0.25, 0.3) is 0 Å². The molecule has 0 saturated carbocycles. The first-order chi connectivity index (χ1) is 14.6. The van der Waals surface area contributed by atoms with Gasteiger partial charge in [0.1, 0.15) is 5.82 Å². The molecule has 30 heavy (non-hydrogen) atoms. The van der Waals surface area contributed by atoms with Crippen molar-refractivity contribution in [3.8, 4) is 22.5 Å². The van der Waals surface area contributed by atoms with Gasteiger partial charge in [0.2, 0.25) is 5.91 Å². The van der Waals surface area contributed by atoms with Crippen molar-refractivity contribution in [2.24, 2.45) is 5.73 Å². The minimum absolute atomic E-state index is 0.166. The Morgan fingerprint density at radius 2 is 1.90 bits per heavy atom. The Hall–Kier alpha value is -3.78. The summed E-state index contributed by atoms with van der Waals surface area (Å²) < 4.78 is 7.05. The first kappa shape index (κ1) is 18.3. The Bertz CT molecular complexity index is 1230. The monoisotopic (exact) mass is 400 g/mol. The van der Waals surface area contributed by atoms with Crippen molar-refractivity contribution in [1.82, 2.24) is 19.6 Å². The number of hydrogen-bond acceptors (Lipinski definition) is 6. The molecular weight excluding hydrogens is 380 g/mol. The summed E-state index contributed by atoms with van der Waals surface area (Å²) in [5, 5.41) is 4.40. The number of pyridine rings is 1. The first-order valence-electron chi connectivity index (χ1n) is 9.62. The summed E-state index contributed by atoms with van der Waals surface area (Å²) in [7, 11) is 1.69. The van der Waals surface area contributed by atoms with Gasteiger partial charge < -0.3 is 15.4 Å². The van der Waals surface area contributed by atoms with Crippen LogP contribution in [-0.2, 0) is 4.74 Å². The van der Waals surface area contributed by atoms with E-state index in [-0.39, 0.29) is 6.10 Å². The maximum atomic E-state index is 11.9. The largest absolute Gasteiger partial charge is 0.378 e. The van der Waals surface area contributed by atoms with E-state index in [0.29, 0.717) is 22.7 Å². The fourth-order valence-corrected chi connectivity index (χ4v) is 3.55. The number of fused-ring (bicyclic) bond motifs is 1. The SMILES string of the molecule is COC1CN(c2cc(C(N)=O)cc(-c3cnn4ccc(-c5ccccc5)nc34)n2)C1. The molecular formula is C22H20N6O2. The van der Waals surface area contributed by atoms with Gasteiger partial charge in [-0.3, -0.25) is 4.79 Å². The summed E-state index contributed by atoms with van der Waals surface area (Å²) in [5.74, 6) is 0.186. The van der Waals surface area contributed by atoms with Gasteiger partial charge in [-0.25, -0.2) is 14.5 Å². The van der Waals surface area contributed by atoms with Crippen molar-refractivity contribution in [3.63, 3.8) is 0 Å². The predicted octanol–water partition coefficient (Wildman–Crippen LogP) is 2.39. The van der Waals surface area contributed by atoms with Crippen molar-refractivity contribution in [1.29, 1.82) is 0 Å². The third-order valence-corrected chi connectivity index (χ3v) is 5.32. The highest BCUT2D eigenvalue weighted by Crippen LogP contribution is 2.29. The molecule has 150 valence electrons. The lowest BCUT2D eigenvalue weighted by Crippen LogP contribution is -2.52. The third-order valence-electron chi connectivity index (χ3n) is 5.32. The summed E-state index contributed by atoms with van der Waals surface area (Å²) in [6.45, 7) is 1.44. The molecule has 4 aromatic rings. The van der Waals surface area contributed by atoms with Gasteiger partial charge in [-0.1, -0.05) is 30.3 Å². The van der Waals surface area contributed by atoms with Crippen LogP contribution in [0.4, 0.5) is 5.82 Å². The number of benzene rings is 1. The lowest BCUT2D eigenvalue weighted by atomic mass is 10.1. The molecule has 3 aromatic heterocycles. The normalized spacial score (nSPS) is 14.1. The first-order valence-corrected chi connectivity index (χ1v) is 9.62. The van der Waals surface area contributed by atoms with Gasteiger partial charge in [0.05, 0.1) is 29.3 Å².